The predicted octanol–water partition coefficient (Wildman–Crippen LogP) is 4.38. The molecule has 8 heteroatoms. The van der Waals surface area contributed by atoms with E-state index in [1.54, 1.807) is 22.7 Å². The van der Waals surface area contributed by atoms with Crippen LogP contribution in [-0.2, 0) is 13.1 Å². The number of aromatic nitrogens is 4. The average Bonchev–Trinajstić information content (AvgIpc) is 3.40. The number of halogens is 2. The highest BCUT2D eigenvalue weighted by Crippen LogP contribution is 2.30. The Morgan fingerprint density at radius 3 is 2.62 bits per heavy atom. The molecular formula is C24H15F2N5O. The molecule has 0 atom stereocenters. The van der Waals surface area contributed by atoms with E-state index in [4.69, 9.17) is 0 Å². The zero-order chi connectivity index (χ0) is 21.8. The lowest BCUT2D eigenvalue weighted by atomic mass is 10.0. The monoisotopic (exact) mass is 427 g/mol. The number of pyridine rings is 2. The molecule has 32 heavy (non-hydrogen) atoms. The molecule has 1 amide bonds. The molecule has 0 bridgehead atoms. The number of nitrogens with zero attached hydrogens (tertiary/aromatic N) is 5. The first-order valence-corrected chi connectivity index (χ1v) is 10.0. The molecule has 6 nitrogen and oxygen atoms in total. The van der Waals surface area contributed by atoms with Gasteiger partial charge in [-0.3, -0.25) is 14.2 Å². The normalized spacial score (nSPS) is 13.3. The molecule has 1 aliphatic rings. The van der Waals surface area contributed by atoms with Crippen LogP contribution < -0.4 is 0 Å². The molecule has 4 heterocycles. The lowest BCUT2D eigenvalue weighted by Gasteiger charge is -2.17. The van der Waals surface area contributed by atoms with Crippen molar-refractivity contribution in [1.29, 1.82) is 0 Å². The fraction of sp³-hybridized carbons (Fsp3) is 0.0833. The van der Waals surface area contributed by atoms with Gasteiger partial charge in [-0.05, 0) is 35.9 Å². The largest absolute Gasteiger partial charge is 0.328 e. The van der Waals surface area contributed by atoms with Gasteiger partial charge in [-0.25, -0.2) is 8.78 Å². The van der Waals surface area contributed by atoms with Gasteiger partial charge in [0.05, 0.1) is 12.1 Å². The summed E-state index contributed by atoms with van der Waals surface area (Å²) in [6.07, 6.45) is 3.06. The minimum Gasteiger partial charge on any atom is -0.328 e. The first-order chi connectivity index (χ1) is 15.6. The highest BCUT2D eigenvalue weighted by Gasteiger charge is 2.31. The molecule has 5 aromatic rings. The van der Waals surface area contributed by atoms with Crippen LogP contribution in [0.4, 0.5) is 8.78 Å². The highest BCUT2D eigenvalue weighted by molar-refractivity contribution is 5.97. The number of carbonyl (C=O) groups is 1. The maximum Gasteiger partial charge on any atom is 0.271 e. The van der Waals surface area contributed by atoms with Crippen LogP contribution >= 0.6 is 0 Å². The van der Waals surface area contributed by atoms with Gasteiger partial charge >= 0.3 is 0 Å². The molecule has 2 aromatic carbocycles. The van der Waals surface area contributed by atoms with Crippen molar-refractivity contribution in [2.24, 2.45) is 0 Å². The first-order valence-electron chi connectivity index (χ1n) is 10.0. The van der Waals surface area contributed by atoms with Gasteiger partial charge in [0.25, 0.3) is 5.91 Å². The van der Waals surface area contributed by atoms with E-state index in [-0.39, 0.29) is 24.6 Å². The standard InChI is InChI=1S/C24H15F2N5O/c25-19-8-16(17-7-14-3-1-2-4-21(14)27-10-17)9-20(26)18(19)12-30-11-15-5-6-22-29-28-13-31(22)23(15)24(30)32/h1-10,13H,11-12H2. The molecule has 3 aromatic heterocycles. The molecule has 0 spiro atoms. The van der Waals surface area contributed by atoms with E-state index in [0.29, 0.717) is 22.5 Å². The van der Waals surface area contributed by atoms with Gasteiger partial charge in [0.1, 0.15) is 23.7 Å². The third-order valence-corrected chi connectivity index (χ3v) is 5.82. The number of amides is 1. The number of rotatable bonds is 3. The minimum atomic E-state index is -0.702. The summed E-state index contributed by atoms with van der Waals surface area (Å²) in [6.45, 7) is 0.0859. The van der Waals surface area contributed by atoms with E-state index in [2.05, 4.69) is 15.2 Å². The maximum absolute atomic E-state index is 15.0. The average molecular weight is 427 g/mol. The fourth-order valence-electron chi connectivity index (χ4n) is 4.20. The lowest BCUT2D eigenvalue weighted by Crippen LogP contribution is -2.25. The molecule has 0 saturated heterocycles. The number of para-hydroxylation sites is 1. The molecule has 0 saturated carbocycles. The van der Waals surface area contributed by atoms with Crippen LogP contribution in [0.3, 0.4) is 0 Å². The van der Waals surface area contributed by atoms with Crippen molar-refractivity contribution in [3.05, 3.63) is 95.6 Å². The topological polar surface area (TPSA) is 63.4 Å². The summed E-state index contributed by atoms with van der Waals surface area (Å²) in [5.41, 5.74) is 3.41. The second kappa shape index (κ2) is 6.91. The van der Waals surface area contributed by atoms with Crippen LogP contribution in [0.25, 0.3) is 27.7 Å². The van der Waals surface area contributed by atoms with E-state index in [0.717, 1.165) is 16.5 Å². The van der Waals surface area contributed by atoms with Crippen molar-refractivity contribution in [1.82, 2.24) is 24.5 Å². The van der Waals surface area contributed by atoms with E-state index in [1.165, 1.54) is 23.4 Å². The molecule has 0 unspecified atom stereocenters. The summed E-state index contributed by atoms with van der Waals surface area (Å²) in [6, 6.07) is 15.5. The molecule has 6 rings (SSSR count). The van der Waals surface area contributed by atoms with E-state index in [9.17, 15) is 13.6 Å². The Labute approximate surface area is 180 Å². The summed E-state index contributed by atoms with van der Waals surface area (Å²) in [4.78, 5) is 18.7. The van der Waals surface area contributed by atoms with Crippen LogP contribution in [0.1, 0.15) is 21.6 Å². The van der Waals surface area contributed by atoms with Crippen molar-refractivity contribution in [3.63, 3.8) is 0 Å². The number of hydrogen-bond acceptors (Lipinski definition) is 4. The van der Waals surface area contributed by atoms with Gasteiger partial charge in [0.2, 0.25) is 0 Å². The molecule has 0 aliphatic carbocycles. The number of carbonyl (C=O) groups excluding carboxylic acids is 1. The van der Waals surface area contributed by atoms with Gasteiger partial charge in [0.15, 0.2) is 5.65 Å². The van der Waals surface area contributed by atoms with Gasteiger partial charge in [-0.2, -0.15) is 0 Å². The van der Waals surface area contributed by atoms with E-state index < -0.39 is 11.6 Å². The predicted molar refractivity (Wildman–Crippen MR) is 114 cm³/mol. The molecule has 1 aliphatic heterocycles. The van der Waals surface area contributed by atoms with E-state index in [1.807, 2.05) is 30.3 Å². The first kappa shape index (κ1) is 18.6. The van der Waals surface area contributed by atoms with E-state index >= 15 is 0 Å². The third-order valence-electron chi connectivity index (χ3n) is 5.82. The quantitative estimate of drug-likeness (QED) is 0.429. The molecule has 0 N–H and O–H groups in total. The van der Waals surface area contributed by atoms with Crippen molar-refractivity contribution in [2.75, 3.05) is 0 Å². The fourth-order valence-corrected chi connectivity index (χ4v) is 4.20. The van der Waals surface area contributed by atoms with Gasteiger partial charge in [-0.1, -0.05) is 24.3 Å². The van der Waals surface area contributed by atoms with Crippen molar-refractivity contribution in [3.8, 4) is 11.1 Å². The summed E-state index contributed by atoms with van der Waals surface area (Å²) in [5, 5.41) is 8.65. The third kappa shape index (κ3) is 2.84. The van der Waals surface area contributed by atoms with Crippen molar-refractivity contribution < 1.29 is 13.6 Å². The maximum atomic E-state index is 15.0. The SMILES string of the molecule is O=C1c2c(ccc3nncn23)CN1Cc1c(F)cc(-c2cnc3ccccc3c2)cc1F. The van der Waals surface area contributed by atoms with Gasteiger partial charge in [0, 0.05) is 34.8 Å². The Kier molecular flexibility index (Phi) is 4.01. The number of benzene rings is 2. The summed E-state index contributed by atoms with van der Waals surface area (Å²) in [5.74, 6) is -1.72. The Balaban J connectivity index is 1.33. The summed E-state index contributed by atoms with van der Waals surface area (Å²) in [7, 11) is 0. The van der Waals surface area contributed by atoms with Crippen molar-refractivity contribution >= 4 is 22.5 Å². The minimum absolute atomic E-state index is 0.149. The second-order valence-corrected chi connectivity index (χ2v) is 7.76. The smallest absolute Gasteiger partial charge is 0.271 e. The van der Waals surface area contributed by atoms with Crippen LogP contribution in [0.15, 0.2) is 67.1 Å². The summed E-state index contributed by atoms with van der Waals surface area (Å²) < 4.78 is 31.6. The van der Waals surface area contributed by atoms with Crippen molar-refractivity contribution in [2.45, 2.75) is 13.1 Å². The van der Waals surface area contributed by atoms with Crippen LogP contribution in [-0.4, -0.2) is 30.4 Å². The molecular weight excluding hydrogens is 412 g/mol. The number of hydrogen-bond donors (Lipinski definition) is 0. The Morgan fingerprint density at radius 1 is 0.969 bits per heavy atom. The van der Waals surface area contributed by atoms with Gasteiger partial charge in [-0.15, -0.1) is 10.2 Å². The zero-order valence-corrected chi connectivity index (χ0v) is 16.7. The molecule has 0 radical (unpaired) electrons. The Morgan fingerprint density at radius 2 is 1.78 bits per heavy atom. The molecule has 0 fully saturated rings. The molecule has 156 valence electrons. The summed E-state index contributed by atoms with van der Waals surface area (Å²) >= 11 is 0. The van der Waals surface area contributed by atoms with Crippen LogP contribution in [0.5, 0.6) is 0 Å². The van der Waals surface area contributed by atoms with Crippen LogP contribution in [0, 0.1) is 11.6 Å². The zero-order valence-electron chi connectivity index (χ0n) is 16.7. The highest BCUT2D eigenvalue weighted by atomic mass is 19.1. The Hall–Kier alpha value is -4.20. The Bertz CT molecular complexity index is 1520. The lowest BCUT2D eigenvalue weighted by molar-refractivity contribution is 0.0758. The van der Waals surface area contributed by atoms with Gasteiger partial charge < -0.3 is 4.90 Å². The van der Waals surface area contributed by atoms with Crippen LogP contribution in [0.2, 0.25) is 0 Å². The number of fused-ring (bicyclic) bond motifs is 4. The second-order valence-electron chi connectivity index (χ2n) is 7.76.